The second-order valence-electron chi connectivity index (χ2n) is 7.45. The number of methoxy groups -OCH3 is 1. The fourth-order valence-electron chi connectivity index (χ4n) is 3.71. The number of tetrazole rings is 1. The summed E-state index contributed by atoms with van der Waals surface area (Å²) >= 11 is 0.430. The third kappa shape index (κ3) is 3.74. The molecule has 1 amide bonds. The first-order valence-corrected chi connectivity index (χ1v) is 10.2. The minimum Gasteiger partial charge on any atom is -0.493 e. The van der Waals surface area contributed by atoms with Crippen LogP contribution in [0.4, 0.5) is 27.6 Å². The van der Waals surface area contributed by atoms with Crippen LogP contribution in [0.25, 0.3) is 5.65 Å². The first-order valence-electron chi connectivity index (χ1n) is 9.29. The van der Waals surface area contributed by atoms with Gasteiger partial charge in [0.1, 0.15) is 4.75 Å². The lowest BCUT2D eigenvalue weighted by molar-refractivity contribution is -0.155. The number of benzene rings is 1. The van der Waals surface area contributed by atoms with Crippen molar-refractivity contribution in [1.29, 1.82) is 0 Å². The Morgan fingerprint density at radius 3 is 2.75 bits per heavy atom. The molecule has 0 radical (unpaired) electrons. The van der Waals surface area contributed by atoms with E-state index in [1.54, 1.807) is 0 Å². The summed E-state index contributed by atoms with van der Waals surface area (Å²) in [6.45, 7) is 0.984. The van der Waals surface area contributed by atoms with Crippen molar-refractivity contribution in [3.05, 3.63) is 47.7 Å². The van der Waals surface area contributed by atoms with Crippen molar-refractivity contribution in [2.24, 2.45) is 0 Å². The highest BCUT2D eigenvalue weighted by Crippen LogP contribution is 2.59. The number of aromatic nitrogens is 4. The Bertz CT molecular complexity index is 1190. The quantitative estimate of drug-likeness (QED) is 0.578. The number of carbonyl (C=O) groups excluding carboxylic acids is 1. The summed E-state index contributed by atoms with van der Waals surface area (Å²) in [5.41, 5.74) is 0.583. The Morgan fingerprint density at radius 1 is 1.31 bits per heavy atom. The second kappa shape index (κ2) is 7.87. The molecule has 7 nitrogen and oxygen atoms in total. The van der Waals surface area contributed by atoms with Gasteiger partial charge in [-0.05, 0) is 35.9 Å². The Labute approximate surface area is 182 Å². The molecule has 0 spiro atoms. The molecule has 3 atom stereocenters. The fraction of sp³-hybridized carbons (Fsp3) is 0.368. The smallest absolute Gasteiger partial charge is 0.403 e. The Hall–Kier alpha value is -2.96. The number of anilines is 1. The lowest BCUT2D eigenvalue weighted by Gasteiger charge is -2.26. The standard InChI is InChI=1S/C19H16F5N5O2S/c1-18(19(22,23)24)8-11(10-3-4-12(20)14(21)15(10)31-2)16(32-18)17(30)25-9-5-6-29-13(7-9)26-27-28-29/h3-7,11,16H,8H2,1-2H3,(H,25,30). The van der Waals surface area contributed by atoms with Crippen LogP contribution in [0.15, 0.2) is 30.5 Å². The molecule has 3 heterocycles. The maximum Gasteiger partial charge on any atom is 0.403 e. The molecule has 0 aliphatic carbocycles. The predicted molar refractivity (Wildman–Crippen MR) is 106 cm³/mol. The van der Waals surface area contributed by atoms with E-state index >= 15 is 0 Å². The van der Waals surface area contributed by atoms with Gasteiger partial charge in [0.25, 0.3) is 0 Å². The molecule has 0 bridgehead atoms. The lowest BCUT2D eigenvalue weighted by atomic mass is 9.85. The number of nitrogens with zero attached hydrogens (tertiary/aromatic N) is 4. The van der Waals surface area contributed by atoms with Gasteiger partial charge in [-0.3, -0.25) is 4.79 Å². The zero-order chi connectivity index (χ0) is 23.3. The van der Waals surface area contributed by atoms with E-state index in [0.717, 1.165) is 26.2 Å². The van der Waals surface area contributed by atoms with Crippen molar-refractivity contribution in [2.75, 3.05) is 12.4 Å². The predicted octanol–water partition coefficient (Wildman–Crippen LogP) is 3.96. The van der Waals surface area contributed by atoms with Crippen LogP contribution < -0.4 is 10.1 Å². The summed E-state index contributed by atoms with van der Waals surface area (Å²) in [5.74, 6) is -4.85. The molecule has 1 aromatic carbocycles. The summed E-state index contributed by atoms with van der Waals surface area (Å²) in [6.07, 6.45) is -3.68. The highest BCUT2D eigenvalue weighted by Gasteiger charge is 2.60. The van der Waals surface area contributed by atoms with Crippen molar-refractivity contribution in [3.63, 3.8) is 0 Å². The molecular formula is C19H16F5N5O2S. The molecule has 1 aliphatic rings. The first kappa shape index (κ1) is 22.2. The zero-order valence-electron chi connectivity index (χ0n) is 16.7. The van der Waals surface area contributed by atoms with E-state index in [1.165, 1.54) is 22.8 Å². The van der Waals surface area contributed by atoms with Crippen LogP contribution >= 0.6 is 11.8 Å². The zero-order valence-corrected chi connectivity index (χ0v) is 17.5. The van der Waals surface area contributed by atoms with Crippen LogP contribution in [0.2, 0.25) is 0 Å². The van der Waals surface area contributed by atoms with Crippen molar-refractivity contribution in [1.82, 2.24) is 20.0 Å². The number of fused-ring (bicyclic) bond motifs is 1. The molecule has 0 saturated carbocycles. The van der Waals surface area contributed by atoms with Crippen molar-refractivity contribution in [2.45, 2.75) is 35.4 Å². The first-order chi connectivity index (χ1) is 15.0. The Morgan fingerprint density at radius 2 is 2.06 bits per heavy atom. The normalized spacial score (nSPS) is 23.5. The summed E-state index contributed by atoms with van der Waals surface area (Å²) in [7, 11) is 1.09. The number of carbonyl (C=O) groups is 1. The summed E-state index contributed by atoms with van der Waals surface area (Å²) in [4.78, 5) is 13.1. The van der Waals surface area contributed by atoms with Crippen LogP contribution in [0.5, 0.6) is 5.75 Å². The monoisotopic (exact) mass is 473 g/mol. The SMILES string of the molecule is COc1c(C2CC(C)(C(F)(F)F)SC2C(=O)Nc2ccn3nnnc3c2)ccc(F)c1F. The molecule has 13 heteroatoms. The Balaban J connectivity index is 1.71. The third-order valence-electron chi connectivity index (χ3n) is 5.37. The van der Waals surface area contributed by atoms with E-state index in [4.69, 9.17) is 4.74 Å². The maximum atomic E-state index is 14.3. The maximum absolute atomic E-state index is 14.3. The Kier molecular flexibility index (Phi) is 5.47. The number of ether oxygens (including phenoxy) is 1. The molecule has 1 N–H and O–H groups in total. The molecule has 3 unspecified atom stereocenters. The van der Waals surface area contributed by atoms with Gasteiger partial charge in [0.2, 0.25) is 11.7 Å². The van der Waals surface area contributed by atoms with Gasteiger partial charge in [0.15, 0.2) is 17.2 Å². The summed E-state index contributed by atoms with van der Waals surface area (Å²) < 4.78 is 73.4. The molecule has 1 saturated heterocycles. The number of hydrogen-bond donors (Lipinski definition) is 1. The molecule has 4 rings (SSSR count). The van der Waals surface area contributed by atoms with Gasteiger partial charge >= 0.3 is 6.18 Å². The van der Waals surface area contributed by atoms with Gasteiger partial charge in [-0.15, -0.1) is 16.9 Å². The van der Waals surface area contributed by atoms with Crippen molar-refractivity contribution >= 4 is 29.0 Å². The number of alkyl halides is 3. The molecule has 32 heavy (non-hydrogen) atoms. The molecule has 1 fully saturated rings. The topological polar surface area (TPSA) is 81.4 Å². The van der Waals surface area contributed by atoms with E-state index in [2.05, 4.69) is 20.8 Å². The molecule has 1 aliphatic heterocycles. The lowest BCUT2D eigenvalue weighted by Crippen LogP contribution is -2.37. The average Bonchev–Trinajstić information content (AvgIpc) is 3.34. The molecule has 3 aromatic rings. The minimum absolute atomic E-state index is 0.0101. The van der Waals surface area contributed by atoms with E-state index in [1.807, 2.05) is 0 Å². The average molecular weight is 473 g/mol. The van der Waals surface area contributed by atoms with E-state index in [-0.39, 0.29) is 11.3 Å². The number of amides is 1. The minimum atomic E-state index is -4.64. The van der Waals surface area contributed by atoms with Gasteiger partial charge in [-0.25, -0.2) is 8.91 Å². The van der Waals surface area contributed by atoms with Crippen LogP contribution in [0, 0.1) is 11.6 Å². The van der Waals surface area contributed by atoms with E-state index in [9.17, 15) is 26.7 Å². The second-order valence-corrected chi connectivity index (χ2v) is 9.09. The molecule has 2 aromatic heterocycles. The van der Waals surface area contributed by atoms with E-state index < -0.39 is 51.8 Å². The summed E-state index contributed by atoms with van der Waals surface area (Å²) in [6, 6.07) is 4.89. The van der Waals surface area contributed by atoms with Gasteiger partial charge in [0.05, 0.1) is 12.4 Å². The van der Waals surface area contributed by atoms with Crippen LogP contribution in [0.1, 0.15) is 24.8 Å². The van der Waals surface area contributed by atoms with Crippen LogP contribution in [0.3, 0.4) is 0 Å². The van der Waals surface area contributed by atoms with E-state index in [0.29, 0.717) is 17.4 Å². The number of pyridine rings is 1. The highest BCUT2D eigenvalue weighted by molar-refractivity contribution is 8.02. The fourth-order valence-corrected chi connectivity index (χ4v) is 5.25. The van der Waals surface area contributed by atoms with Crippen molar-refractivity contribution in [3.8, 4) is 5.75 Å². The van der Waals surface area contributed by atoms with Crippen molar-refractivity contribution < 1.29 is 31.5 Å². The molecule has 170 valence electrons. The number of nitrogens with one attached hydrogen (secondary N) is 1. The number of halogens is 5. The number of rotatable bonds is 4. The van der Waals surface area contributed by atoms with Crippen LogP contribution in [-0.4, -0.2) is 49.2 Å². The van der Waals surface area contributed by atoms with Gasteiger partial charge in [-0.2, -0.15) is 17.6 Å². The van der Waals surface area contributed by atoms with Crippen LogP contribution in [-0.2, 0) is 4.79 Å². The number of thioether (sulfide) groups is 1. The largest absolute Gasteiger partial charge is 0.493 e. The highest BCUT2D eigenvalue weighted by atomic mass is 32.2. The van der Waals surface area contributed by atoms with Gasteiger partial charge < -0.3 is 10.1 Å². The molecular weight excluding hydrogens is 457 g/mol. The van der Waals surface area contributed by atoms with Gasteiger partial charge in [-0.1, -0.05) is 6.07 Å². The third-order valence-corrected chi connectivity index (χ3v) is 7.08. The number of hydrogen-bond acceptors (Lipinski definition) is 6. The van der Waals surface area contributed by atoms with Gasteiger partial charge in [0, 0.05) is 29.4 Å². The summed E-state index contributed by atoms with van der Waals surface area (Å²) in [5, 5.41) is 12.2.